The van der Waals surface area contributed by atoms with Crippen molar-refractivity contribution in [2.24, 2.45) is 5.92 Å². The number of carbonyl (C=O) groups is 2. The summed E-state index contributed by atoms with van der Waals surface area (Å²) in [5.41, 5.74) is 0.763. The van der Waals surface area contributed by atoms with E-state index in [2.05, 4.69) is 25.2 Å². The highest BCUT2D eigenvalue weighted by Crippen LogP contribution is 2.15. The van der Waals surface area contributed by atoms with Crippen LogP contribution in [0.5, 0.6) is 0 Å². The van der Waals surface area contributed by atoms with Crippen molar-refractivity contribution in [3.63, 3.8) is 0 Å². The molecule has 148 valence electrons. The Morgan fingerprint density at radius 3 is 2.44 bits per heavy atom. The third-order valence-corrected chi connectivity index (χ3v) is 4.41. The van der Waals surface area contributed by atoms with Crippen molar-refractivity contribution in [3.05, 3.63) is 30.3 Å². The van der Waals surface area contributed by atoms with Gasteiger partial charge >= 0.3 is 0 Å². The van der Waals surface area contributed by atoms with Crippen LogP contribution in [0.1, 0.15) is 65.2 Å². The van der Waals surface area contributed by atoms with Crippen molar-refractivity contribution in [1.29, 1.82) is 5.26 Å². The Kier molecular flexibility index (Phi) is 11.6. The first-order valence-corrected chi connectivity index (χ1v) is 10.0. The van der Waals surface area contributed by atoms with Crippen molar-refractivity contribution >= 4 is 17.5 Å². The van der Waals surface area contributed by atoms with E-state index in [4.69, 9.17) is 5.26 Å². The van der Waals surface area contributed by atoms with E-state index in [0.717, 1.165) is 24.4 Å². The quantitative estimate of drug-likeness (QED) is 0.521. The van der Waals surface area contributed by atoms with Crippen LogP contribution in [0.3, 0.4) is 0 Å². The molecule has 5 nitrogen and oxygen atoms in total. The summed E-state index contributed by atoms with van der Waals surface area (Å²) < 4.78 is 0. The number of amides is 2. The lowest BCUT2D eigenvalue weighted by molar-refractivity contribution is -0.125. The first-order chi connectivity index (χ1) is 13.0. The third kappa shape index (κ3) is 10.4. The number of nitriles is 1. The summed E-state index contributed by atoms with van der Waals surface area (Å²) in [7, 11) is 0. The third-order valence-electron chi connectivity index (χ3n) is 4.41. The molecule has 0 aliphatic carbocycles. The smallest absolute Gasteiger partial charge is 0.227 e. The van der Waals surface area contributed by atoms with Crippen molar-refractivity contribution in [1.82, 2.24) is 5.32 Å². The van der Waals surface area contributed by atoms with Gasteiger partial charge in [0.2, 0.25) is 11.8 Å². The minimum absolute atomic E-state index is 0.0844. The number of hydrogen-bond acceptors (Lipinski definition) is 3. The highest BCUT2D eigenvalue weighted by molar-refractivity contribution is 5.95. The molecular formula is C22H33N3O2. The van der Waals surface area contributed by atoms with E-state index < -0.39 is 0 Å². The highest BCUT2D eigenvalue weighted by Gasteiger charge is 2.16. The Balaban J connectivity index is 2.28. The predicted molar refractivity (Wildman–Crippen MR) is 109 cm³/mol. The second-order valence-corrected chi connectivity index (χ2v) is 7.24. The molecule has 0 aromatic heterocycles. The van der Waals surface area contributed by atoms with Crippen LogP contribution in [0.15, 0.2) is 30.3 Å². The molecule has 0 radical (unpaired) electrons. The normalized spacial score (nSPS) is 10.4. The van der Waals surface area contributed by atoms with Crippen molar-refractivity contribution in [2.75, 3.05) is 18.0 Å². The van der Waals surface area contributed by atoms with Gasteiger partial charge in [-0.05, 0) is 24.5 Å². The second-order valence-electron chi connectivity index (χ2n) is 7.24. The number of nitrogens with zero attached hydrogens (tertiary/aromatic N) is 2. The molecule has 1 aromatic rings. The van der Waals surface area contributed by atoms with Gasteiger partial charge in [-0.3, -0.25) is 9.59 Å². The van der Waals surface area contributed by atoms with Crippen LogP contribution in [-0.4, -0.2) is 24.9 Å². The largest absolute Gasteiger partial charge is 0.356 e. The average Bonchev–Trinajstić information content (AvgIpc) is 2.66. The molecule has 0 bridgehead atoms. The van der Waals surface area contributed by atoms with Crippen LogP contribution < -0.4 is 10.2 Å². The molecule has 0 unspecified atom stereocenters. The Bertz CT molecular complexity index is 593. The molecule has 0 fully saturated rings. The van der Waals surface area contributed by atoms with E-state index in [1.165, 1.54) is 19.3 Å². The summed E-state index contributed by atoms with van der Waals surface area (Å²) in [6, 6.07) is 11.3. The van der Waals surface area contributed by atoms with E-state index in [-0.39, 0.29) is 31.1 Å². The van der Waals surface area contributed by atoms with E-state index in [1.807, 2.05) is 30.3 Å². The first-order valence-electron chi connectivity index (χ1n) is 10.0. The van der Waals surface area contributed by atoms with Gasteiger partial charge in [0.25, 0.3) is 0 Å². The van der Waals surface area contributed by atoms with Gasteiger partial charge in [0.15, 0.2) is 0 Å². The molecule has 2 amide bonds. The Morgan fingerprint density at radius 1 is 1.07 bits per heavy atom. The maximum absolute atomic E-state index is 12.5. The molecule has 1 N–H and O–H groups in total. The van der Waals surface area contributed by atoms with Crippen molar-refractivity contribution in [3.8, 4) is 6.07 Å². The van der Waals surface area contributed by atoms with Crippen LogP contribution in [-0.2, 0) is 9.59 Å². The molecule has 27 heavy (non-hydrogen) atoms. The number of rotatable bonds is 13. The number of nitrogens with one attached hydrogen (secondary N) is 1. The van der Waals surface area contributed by atoms with Gasteiger partial charge in [0.1, 0.15) is 0 Å². The molecule has 0 heterocycles. The molecule has 0 spiro atoms. The fraction of sp³-hybridized carbons (Fsp3) is 0.591. The van der Waals surface area contributed by atoms with Gasteiger partial charge in [0, 0.05) is 31.6 Å². The molecule has 5 heteroatoms. The lowest BCUT2D eigenvalue weighted by atomic mass is 10.0. The molecule has 0 saturated heterocycles. The summed E-state index contributed by atoms with van der Waals surface area (Å²) in [5, 5.41) is 11.7. The van der Waals surface area contributed by atoms with Crippen LogP contribution >= 0.6 is 0 Å². The molecule has 1 rings (SSSR count). The standard InChI is InChI=1S/C22H33N3O2/c1-19(2)11-6-3-4-9-17-24-21(26)14-15-22(27)25(18-10-16-23)20-12-7-5-8-13-20/h5,7-8,12-13,19H,3-4,6,9-11,14-15,17-18H2,1-2H3,(H,24,26). The average molecular weight is 372 g/mol. The minimum atomic E-state index is -0.125. The van der Waals surface area contributed by atoms with E-state index in [9.17, 15) is 9.59 Å². The summed E-state index contributed by atoms with van der Waals surface area (Å²) in [4.78, 5) is 26.0. The summed E-state index contributed by atoms with van der Waals surface area (Å²) >= 11 is 0. The summed E-state index contributed by atoms with van der Waals surface area (Å²) in [6.07, 6.45) is 6.43. The lowest BCUT2D eigenvalue weighted by Crippen LogP contribution is -2.33. The first kappa shape index (κ1) is 22.7. The molecular weight excluding hydrogens is 338 g/mol. The van der Waals surface area contributed by atoms with E-state index in [1.54, 1.807) is 4.90 Å². The number of unbranched alkanes of at least 4 members (excludes halogenated alkanes) is 3. The summed E-state index contributed by atoms with van der Waals surface area (Å²) in [5.74, 6) is 0.546. The van der Waals surface area contributed by atoms with Crippen LogP contribution in [0.4, 0.5) is 5.69 Å². The number of carbonyl (C=O) groups excluding carboxylic acids is 2. The fourth-order valence-electron chi connectivity index (χ4n) is 2.87. The van der Waals surface area contributed by atoms with Gasteiger partial charge in [0.05, 0.1) is 12.5 Å². The maximum atomic E-state index is 12.5. The fourth-order valence-corrected chi connectivity index (χ4v) is 2.87. The molecule has 1 aromatic carbocycles. The van der Waals surface area contributed by atoms with E-state index >= 15 is 0 Å². The van der Waals surface area contributed by atoms with Crippen molar-refractivity contribution in [2.45, 2.75) is 65.2 Å². The Labute approximate surface area is 163 Å². The van der Waals surface area contributed by atoms with Gasteiger partial charge in [-0.2, -0.15) is 5.26 Å². The van der Waals surface area contributed by atoms with Gasteiger partial charge in [-0.15, -0.1) is 0 Å². The van der Waals surface area contributed by atoms with Crippen LogP contribution in [0.25, 0.3) is 0 Å². The zero-order chi connectivity index (χ0) is 19.9. The Hall–Kier alpha value is -2.35. The highest BCUT2D eigenvalue weighted by atomic mass is 16.2. The zero-order valence-corrected chi connectivity index (χ0v) is 16.7. The number of benzene rings is 1. The van der Waals surface area contributed by atoms with E-state index in [0.29, 0.717) is 13.1 Å². The second kappa shape index (κ2) is 13.8. The number of hydrogen-bond donors (Lipinski definition) is 1. The van der Waals surface area contributed by atoms with Gasteiger partial charge < -0.3 is 10.2 Å². The maximum Gasteiger partial charge on any atom is 0.227 e. The summed E-state index contributed by atoms with van der Waals surface area (Å²) in [6.45, 7) is 5.49. The molecule has 0 aliphatic heterocycles. The Morgan fingerprint density at radius 2 is 1.78 bits per heavy atom. The van der Waals surface area contributed by atoms with Crippen LogP contribution in [0.2, 0.25) is 0 Å². The molecule has 0 saturated carbocycles. The van der Waals surface area contributed by atoms with Crippen LogP contribution in [0, 0.1) is 17.2 Å². The topological polar surface area (TPSA) is 73.2 Å². The molecule has 0 atom stereocenters. The van der Waals surface area contributed by atoms with Gasteiger partial charge in [-0.25, -0.2) is 0 Å². The minimum Gasteiger partial charge on any atom is -0.356 e. The SMILES string of the molecule is CC(C)CCCCCCNC(=O)CCC(=O)N(CCC#N)c1ccccc1. The monoisotopic (exact) mass is 371 g/mol. The number of para-hydroxylation sites is 1. The zero-order valence-electron chi connectivity index (χ0n) is 16.7. The predicted octanol–water partition coefficient (Wildman–Crippen LogP) is 4.44. The lowest BCUT2D eigenvalue weighted by Gasteiger charge is -2.21. The van der Waals surface area contributed by atoms with Crippen molar-refractivity contribution < 1.29 is 9.59 Å². The van der Waals surface area contributed by atoms with Gasteiger partial charge in [-0.1, -0.05) is 57.7 Å². The molecule has 0 aliphatic rings. The number of anilines is 1.